The highest BCUT2D eigenvalue weighted by Crippen LogP contribution is 2.21. The van der Waals surface area contributed by atoms with Crippen molar-refractivity contribution in [2.45, 2.75) is 25.9 Å². The number of amides is 1. The summed E-state index contributed by atoms with van der Waals surface area (Å²) in [5.74, 6) is 6.04. The topological polar surface area (TPSA) is 83.3 Å². The van der Waals surface area contributed by atoms with Crippen molar-refractivity contribution in [1.82, 2.24) is 15.2 Å². The number of hydrogen-bond donors (Lipinski definition) is 3. The molecule has 0 bridgehead atoms. The van der Waals surface area contributed by atoms with Gasteiger partial charge in [-0.05, 0) is 31.5 Å². The molecule has 1 saturated heterocycles. The lowest BCUT2D eigenvalue weighted by atomic mass is 9.98. The van der Waals surface area contributed by atoms with Gasteiger partial charge in [0.2, 0.25) is 5.91 Å². The van der Waals surface area contributed by atoms with Crippen LogP contribution in [0.1, 0.15) is 19.4 Å². The van der Waals surface area contributed by atoms with Crippen molar-refractivity contribution < 1.29 is 4.79 Å². The first-order valence-corrected chi connectivity index (χ1v) is 5.99. The van der Waals surface area contributed by atoms with E-state index in [1.54, 1.807) is 6.20 Å². The van der Waals surface area contributed by atoms with Gasteiger partial charge < -0.3 is 10.7 Å². The zero-order chi connectivity index (χ0) is 13.2. The molecule has 1 aromatic heterocycles. The number of nitrogens with one attached hydrogen (secondary N) is 2. The molecule has 0 atom stereocenters. The van der Waals surface area contributed by atoms with Gasteiger partial charge in [0.25, 0.3) is 0 Å². The highest BCUT2D eigenvalue weighted by molar-refractivity contribution is 5.86. The van der Waals surface area contributed by atoms with Gasteiger partial charge in [-0.2, -0.15) is 0 Å². The molecule has 1 fully saturated rings. The van der Waals surface area contributed by atoms with Crippen LogP contribution in [0.15, 0.2) is 18.3 Å². The molecule has 1 amide bonds. The summed E-state index contributed by atoms with van der Waals surface area (Å²) in [5.41, 5.74) is 3.12. The van der Waals surface area contributed by atoms with Gasteiger partial charge >= 0.3 is 0 Å². The lowest BCUT2D eigenvalue weighted by molar-refractivity contribution is -0.135. The van der Waals surface area contributed by atoms with Crippen molar-refractivity contribution >= 4 is 11.7 Å². The number of hydrazine groups is 1. The fourth-order valence-electron chi connectivity index (χ4n) is 2.09. The van der Waals surface area contributed by atoms with E-state index in [0.29, 0.717) is 18.9 Å². The molecule has 1 aliphatic heterocycles. The van der Waals surface area contributed by atoms with Crippen LogP contribution in [-0.2, 0) is 11.3 Å². The molecule has 4 N–H and O–H groups in total. The summed E-state index contributed by atoms with van der Waals surface area (Å²) in [6, 6.07) is 3.83. The van der Waals surface area contributed by atoms with Crippen molar-refractivity contribution in [3.05, 3.63) is 23.9 Å². The van der Waals surface area contributed by atoms with Crippen molar-refractivity contribution in [1.29, 1.82) is 0 Å². The number of pyridine rings is 1. The Bertz CT molecular complexity index is 446. The molecule has 1 aliphatic rings. The van der Waals surface area contributed by atoms with E-state index in [0.717, 1.165) is 12.1 Å². The molecule has 1 aromatic rings. The van der Waals surface area contributed by atoms with Crippen molar-refractivity contribution in [3.63, 3.8) is 0 Å². The lowest BCUT2D eigenvalue weighted by Crippen LogP contribution is -2.61. The maximum absolute atomic E-state index is 11.8. The molecule has 0 unspecified atom stereocenters. The lowest BCUT2D eigenvalue weighted by Gasteiger charge is -2.41. The normalized spacial score (nSPS) is 19.4. The third-order valence-corrected chi connectivity index (χ3v) is 3.36. The average molecular weight is 249 g/mol. The van der Waals surface area contributed by atoms with Crippen molar-refractivity contribution in [2.75, 3.05) is 18.5 Å². The molecule has 2 heterocycles. The van der Waals surface area contributed by atoms with Gasteiger partial charge in [0.05, 0.1) is 5.54 Å². The molecule has 0 spiro atoms. The first-order valence-electron chi connectivity index (χ1n) is 5.99. The number of anilines is 1. The number of hydrogen-bond acceptors (Lipinski definition) is 5. The Morgan fingerprint density at radius 3 is 3.11 bits per heavy atom. The second-order valence-corrected chi connectivity index (χ2v) is 4.93. The predicted octanol–water partition coefficient (Wildman–Crippen LogP) is 0.0776. The van der Waals surface area contributed by atoms with Crippen LogP contribution in [0.25, 0.3) is 0 Å². The number of carbonyl (C=O) groups is 1. The summed E-state index contributed by atoms with van der Waals surface area (Å²) < 4.78 is 0. The summed E-state index contributed by atoms with van der Waals surface area (Å²) in [6.07, 6.45) is 1.71. The fourth-order valence-corrected chi connectivity index (χ4v) is 2.09. The Balaban J connectivity index is 2.14. The highest BCUT2D eigenvalue weighted by atomic mass is 16.2. The highest BCUT2D eigenvalue weighted by Gasteiger charge is 2.37. The predicted molar refractivity (Wildman–Crippen MR) is 69.5 cm³/mol. The SMILES string of the molecule is CC1(C)C(=O)NCCN1Cc1ccnc(NN)c1. The minimum atomic E-state index is -0.488. The number of carbonyl (C=O) groups excluding carboxylic acids is 1. The Kier molecular flexibility index (Phi) is 3.49. The average Bonchev–Trinajstić information content (AvgIpc) is 2.36. The number of nitrogens with two attached hydrogens (primary N) is 1. The molecule has 6 heteroatoms. The van der Waals surface area contributed by atoms with Gasteiger partial charge in [0.1, 0.15) is 5.82 Å². The largest absolute Gasteiger partial charge is 0.353 e. The molecule has 98 valence electrons. The van der Waals surface area contributed by atoms with E-state index in [1.807, 2.05) is 26.0 Å². The van der Waals surface area contributed by atoms with E-state index in [-0.39, 0.29) is 5.91 Å². The summed E-state index contributed by atoms with van der Waals surface area (Å²) in [7, 11) is 0. The molecular weight excluding hydrogens is 230 g/mol. The van der Waals surface area contributed by atoms with Gasteiger partial charge in [0, 0.05) is 25.8 Å². The number of aromatic nitrogens is 1. The number of nitrogens with zero attached hydrogens (tertiary/aromatic N) is 2. The van der Waals surface area contributed by atoms with Crippen LogP contribution < -0.4 is 16.6 Å². The van der Waals surface area contributed by atoms with E-state index in [9.17, 15) is 4.79 Å². The minimum absolute atomic E-state index is 0.0694. The third kappa shape index (κ3) is 2.44. The molecule has 0 aliphatic carbocycles. The van der Waals surface area contributed by atoms with Gasteiger partial charge in [-0.1, -0.05) is 0 Å². The molecule has 0 aromatic carbocycles. The van der Waals surface area contributed by atoms with Crippen LogP contribution in [0, 0.1) is 0 Å². The molecule has 0 radical (unpaired) electrons. The van der Waals surface area contributed by atoms with Crippen LogP contribution >= 0.6 is 0 Å². The molecule has 0 saturated carbocycles. The van der Waals surface area contributed by atoms with Gasteiger partial charge in [-0.3, -0.25) is 9.69 Å². The summed E-state index contributed by atoms with van der Waals surface area (Å²) in [5, 5.41) is 2.89. The van der Waals surface area contributed by atoms with Crippen LogP contribution in [0.4, 0.5) is 5.82 Å². The van der Waals surface area contributed by atoms with E-state index < -0.39 is 5.54 Å². The Labute approximate surface area is 107 Å². The number of nitrogen functional groups attached to an aromatic ring is 1. The smallest absolute Gasteiger partial charge is 0.240 e. The molecule has 18 heavy (non-hydrogen) atoms. The first kappa shape index (κ1) is 12.8. The first-order chi connectivity index (χ1) is 8.54. The maximum Gasteiger partial charge on any atom is 0.240 e. The van der Waals surface area contributed by atoms with Crippen LogP contribution in [-0.4, -0.2) is 34.4 Å². The van der Waals surface area contributed by atoms with Gasteiger partial charge in [0.15, 0.2) is 0 Å². The van der Waals surface area contributed by atoms with Crippen molar-refractivity contribution in [3.8, 4) is 0 Å². The quantitative estimate of drug-likeness (QED) is 0.522. The fraction of sp³-hybridized carbons (Fsp3) is 0.500. The standard InChI is InChI=1S/C12H19N5O/c1-12(2)11(18)15-5-6-17(12)8-9-3-4-14-10(7-9)16-13/h3-4,7H,5-6,8,13H2,1-2H3,(H,14,16)(H,15,18). The van der Waals surface area contributed by atoms with Crippen LogP contribution in [0.2, 0.25) is 0 Å². The molecule has 6 nitrogen and oxygen atoms in total. The summed E-state index contributed by atoms with van der Waals surface area (Å²) in [4.78, 5) is 18.1. The Morgan fingerprint density at radius 2 is 2.39 bits per heavy atom. The number of rotatable bonds is 3. The third-order valence-electron chi connectivity index (χ3n) is 3.36. The Morgan fingerprint density at radius 1 is 1.61 bits per heavy atom. The second kappa shape index (κ2) is 4.91. The van der Waals surface area contributed by atoms with E-state index >= 15 is 0 Å². The van der Waals surface area contributed by atoms with Gasteiger partial charge in [-0.25, -0.2) is 10.8 Å². The molecule has 2 rings (SSSR count). The molecular formula is C12H19N5O. The zero-order valence-electron chi connectivity index (χ0n) is 10.7. The van der Waals surface area contributed by atoms with E-state index in [1.165, 1.54) is 0 Å². The summed E-state index contributed by atoms with van der Waals surface area (Å²) in [6.45, 7) is 6.11. The van der Waals surface area contributed by atoms with E-state index in [4.69, 9.17) is 5.84 Å². The minimum Gasteiger partial charge on any atom is -0.353 e. The Hall–Kier alpha value is -1.66. The van der Waals surface area contributed by atoms with Gasteiger partial charge in [-0.15, -0.1) is 0 Å². The monoisotopic (exact) mass is 249 g/mol. The second-order valence-electron chi connectivity index (χ2n) is 4.93. The zero-order valence-corrected chi connectivity index (χ0v) is 10.7. The van der Waals surface area contributed by atoms with Crippen molar-refractivity contribution in [2.24, 2.45) is 5.84 Å². The van der Waals surface area contributed by atoms with Crippen LogP contribution in [0.5, 0.6) is 0 Å². The maximum atomic E-state index is 11.8. The summed E-state index contributed by atoms with van der Waals surface area (Å²) >= 11 is 0. The van der Waals surface area contributed by atoms with E-state index in [2.05, 4.69) is 20.6 Å². The van der Waals surface area contributed by atoms with Crippen LogP contribution in [0.3, 0.4) is 0 Å². The number of piperazine rings is 1.